The van der Waals surface area contributed by atoms with E-state index in [9.17, 15) is 9.59 Å². The van der Waals surface area contributed by atoms with E-state index in [-0.39, 0.29) is 0 Å². The second-order valence-corrected chi connectivity index (χ2v) is 5.48. The topological polar surface area (TPSA) is 73.9 Å². The molecule has 0 spiro atoms. The number of hydrogen-bond acceptors (Lipinski definition) is 5. The third-order valence-corrected chi connectivity index (χ3v) is 3.66. The average Bonchev–Trinajstić information content (AvgIpc) is 2.66. The third kappa shape index (κ3) is 5.53. The molecule has 0 saturated heterocycles. The van der Waals surface area contributed by atoms with Crippen LogP contribution in [-0.4, -0.2) is 32.7 Å². The Balaban J connectivity index is 1.89. The molecule has 0 heterocycles. The van der Waals surface area contributed by atoms with Crippen LogP contribution in [0.15, 0.2) is 48.5 Å². The molecule has 0 atom stereocenters. The molecule has 2 rings (SSSR count). The minimum Gasteiger partial charge on any atom is -0.497 e. The molecular weight excluding hydrogens is 358 g/mol. The molecule has 0 radical (unpaired) electrons. The van der Waals surface area contributed by atoms with E-state index in [1.54, 1.807) is 49.6 Å². The van der Waals surface area contributed by atoms with Gasteiger partial charge in [0.25, 0.3) is 5.91 Å². The molecule has 0 fully saturated rings. The van der Waals surface area contributed by atoms with Gasteiger partial charge in [0.15, 0.2) is 6.61 Å². The van der Waals surface area contributed by atoms with Crippen molar-refractivity contribution in [3.05, 3.63) is 59.1 Å². The Morgan fingerprint density at radius 3 is 2.58 bits per heavy atom. The number of rotatable bonds is 7. The lowest BCUT2D eigenvalue weighted by molar-refractivity contribution is -0.142. The SMILES string of the molecule is COc1ccc(C=CC(=O)OCC(=O)Nc2ccccc2Cl)c(OC)c1. The Bertz CT molecular complexity index is 819. The van der Waals surface area contributed by atoms with Gasteiger partial charge in [-0.15, -0.1) is 0 Å². The van der Waals surface area contributed by atoms with Crippen molar-refractivity contribution in [3.8, 4) is 11.5 Å². The van der Waals surface area contributed by atoms with Gasteiger partial charge in [-0.1, -0.05) is 23.7 Å². The summed E-state index contributed by atoms with van der Waals surface area (Å²) >= 11 is 5.94. The standard InChI is InChI=1S/C19H18ClNO5/c1-24-14-9-7-13(17(11-14)25-2)8-10-19(23)26-12-18(22)21-16-6-4-3-5-15(16)20/h3-11H,12H2,1-2H3,(H,21,22). The Kier molecular flexibility index (Phi) is 7.05. The summed E-state index contributed by atoms with van der Waals surface area (Å²) in [6.45, 7) is -0.422. The van der Waals surface area contributed by atoms with Gasteiger partial charge < -0.3 is 19.5 Å². The number of hydrogen-bond donors (Lipinski definition) is 1. The van der Waals surface area contributed by atoms with Gasteiger partial charge in [-0.05, 0) is 30.3 Å². The molecule has 0 saturated carbocycles. The van der Waals surface area contributed by atoms with Crippen LogP contribution in [0.4, 0.5) is 5.69 Å². The predicted octanol–water partition coefficient (Wildman–Crippen LogP) is 3.55. The Morgan fingerprint density at radius 2 is 1.88 bits per heavy atom. The maximum Gasteiger partial charge on any atom is 0.331 e. The molecular formula is C19H18ClNO5. The summed E-state index contributed by atoms with van der Waals surface area (Å²) in [5.74, 6) is 0.0433. The number of halogens is 1. The highest BCUT2D eigenvalue weighted by Crippen LogP contribution is 2.25. The summed E-state index contributed by atoms with van der Waals surface area (Å²) in [6.07, 6.45) is 2.75. The van der Waals surface area contributed by atoms with E-state index in [2.05, 4.69) is 5.32 Å². The van der Waals surface area contributed by atoms with Crippen molar-refractivity contribution >= 4 is 35.2 Å². The summed E-state index contributed by atoms with van der Waals surface area (Å²) in [5.41, 5.74) is 1.12. The van der Waals surface area contributed by atoms with Crippen LogP contribution in [0.2, 0.25) is 5.02 Å². The Hall–Kier alpha value is -2.99. The maximum atomic E-state index is 11.8. The summed E-state index contributed by atoms with van der Waals surface area (Å²) in [7, 11) is 3.07. The lowest BCUT2D eigenvalue weighted by Gasteiger charge is -2.08. The highest BCUT2D eigenvalue weighted by Gasteiger charge is 2.08. The monoisotopic (exact) mass is 375 g/mol. The number of amides is 1. The number of methoxy groups -OCH3 is 2. The fourth-order valence-electron chi connectivity index (χ4n) is 2.05. The summed E-state index contributed by atoms with van der Waals surface area (Å²) in [5, 5.41) is 2.97. The van der Waals surface area contributed by atoms with Crippen LogP contribution >= 0.6 is 11.6 Å². The summed E-state index contributed by atoms with van der Waals surface area (Å²) in [4.78, 5) is 23.6. The van der Waals surface area contributed by atoms with Crippen LogP contribution in [0.5, 0.6) is 11.5 Å². The molecule has 1 N–H and O–H groups in total. The van der Waals surface area contributed by atoms with Gasteiger partial charge >= 0.3 is 5.97 Å². The highest BCUT2D eigenvalue weighted by molar-refractivity contribution is 6.33. The average molecular weight is 376 g/mol. The van der Waals surface area contributed by atoms with Crippen LogP contribution in [0.1, 0.15) is 5.56 Å². The van der Waals surface area contributed by atoms with Crippen molar-refractivity contribution < 1.29 is 23.8 Å². The van der Waals surface area contributed by atoms with Crippen molar-refractivity contribution in [2.75, 3.05) is 26.1 Å². The Morgan fingerprint density at radius 1 is 1.12 bits per heavy atom. The predicted molar refractivity (Wildman–Crippen MR) is 99.6 cm³/mol. The van der Waals surface area contributed by atoms with Crippen LogP contribution in [-0.2, 0) is 14.3 Å². The minimum atomic E-state index is -0.655. The third-order valence-electron chi connectivity index (χ3n) is 3.33. The first-order chi connectivity index (χ1) is 12.5. The van der Waals surface area contributed by atoms with E-state index in [0.29, 0.717) is 27.8 Å². The first kappa shape index (κ1) is 19.3. The molecule has 0 aromatic heterocycles. The largest absolute Gasteiger partial charge is 0.497 e. The van der Waals surface area contributed by atoms with Crippen molar-refractivity contribution in [1.82, 2.24) is 0 Å². The van der Waals surface area contributed by atoms with Crippen molar-refractivity contribution in [2.45, 2.75) is 0 Å². The molecule has 6 nitrogen and oxygen atoms in total. The van der Waals surface area contributed by atoms with Crippen LogP contribution in [0.3, 0.4) is 0 Å². The second-order valence-electron chi connectivity index (χ2n) is 5.08. The zero-order chi connectivity index (χ0) is 18.9. The molecule has 0 unspecified atom stereocenters. The van der Waals surface area contributed by atoms with Gasteiger partial charge in [0.1, 0.15) is 11.5 Å². The second kappa shape index (κ2) is 9.48. The lowest BCUT2D eigenvalue weighted by atomic mass is 10.2. The maximum absolute atomic E-state index is 11.8. The quantitative estimate of drug-likeness (QED) is 0.591. The van der Waals surface area contributed by atoms with Crippen LogP contribution < -0.4 is 14.8 Å². The van der Waals surface area contributed by atoms with E-state index < -0.39 is 18.5 Å². The highest BCUT2D eigenvalue weighted by atomic mass is 35.5. The van der Waals surface area contributed by atoms with E-state index in [0.717, 1.165) is 0 Å². The van der Waals surface area contributed by atoms with Gasteiger partial charge in [0.2, 0.25) is 0 Å². The summed E-state index contributed by atoms with van der Waals surface area (Å²) < 4.78 is 15.3. The number of esters is 1. The van der Waals surface area contributed by atoms with Crippen molar-refractivity contribution in [3.63, 3.8) is 0 Å². The van der Waals surface area contributed by atoms with E-state index >= 15 is 0 Å². The van der Waals surface area contributed by atoms with E-state index in [1.807, 2.05) is 0 Å². The lowest BCUT2D eigenvalue weighted by Crippen LogP contribution is -2.20. The van der Waals surface area contributed by atoms with Gasteiger partial charge in [0.05, 0.1) is 24.9 Å². The smallest absolute Gasteiger partial charge is 0.331 e. The number of carbonyl (C=O) groups is 2. The zero-order valence-corrected chi connectivity index (χ0v) is 15.1. The van der Waals surface area contributed by atoms with Crippen molar-refractivity contribution in [1.29, 1.82) is 0 Å². The molecule has 1 amide bonds. The van der Waals surface area contributed by atoms with Crippen LogP contribution in [0, 0.1) is 0 Å². The van der Waals surface area contributed by atoms with Crippen LogP contribution in [0.25, 0.3) is 6.08 Å². The number of benzene rings is 2. The molecule has 2 aromatic carbocycles. The van der Waals surface area contributed by atoms with Gasteiger partial charge in [-0.2, -0.15) is 0 Å². The number of nitrogens with one attached hydrogen (secondary N) is 1. The van der Waals surface area contributed by atoms with Crippen molar-refractivity contribution in [2.24, 2.45) is 0 Å². The molecule has 0 aliphatic carbocycles. The minimum absolute atomic E-state index is 0.402. The number of ether oxygens (including phenoxy) is 3. The van der Waals surface area contributed by atoms with Gasteiger partial charge in [-0.25, -0.2) is 4.79 Å². The fraction of sp³-hybridized carbons (Fsp3) is 0.158. The van der Waals surface area contributed by atoms with E-state index in [4.69, 9.17) is 25.8 Å². The molecule has 26 heavy (non-hydrogen) atoms. The summed E-state index contributed by atoms with van der Waals surface area (Å²) in [6, 6.07) is 12.0. The fourth-order valence-corrected chi connectivity index (χ4v) is 2.23. The molecule has 0 aliphatic heterocycles. The molecule has 2 aromatic rings. The van der Waals surface area contributed by atoms with Gasteiger partial charge in [0, 0.05) is 17.7 Å². The molecule has 0 bridgehead atoms. The molecule has 0 aliphatic rings. The van der Waals surface area contributed by atoms with E-state index in [1.165, 1.54) is 19.3 Å². The number of anilines is 1. The molecule has 7 heteroatoms. The Labute approximate surface area is 156 Å². The first-order valence-corrected chi connectivity index (χ1v) is 8.02. The normalized spacial score (nSPS) is 10.4. The molecule has 136 valence electrons. The number of carbonyl (C=O) groups excluding carboxylic acids is 2. The zero-order valence-electron chi connectivity index (χ0n) is 14.3. The number of para-hydroxylation sites is 1. The van der Waals surface area contributed by atoms with Gasteiger partial charge in [-0.3, -0.25) is 4.79 Å². The first-order valence-electron chi connectivity index (χ1n) is 7.64.